The van der Waals surface area contributed by atoms with E-state index in [9.17, 15) is 8.78 Å². The summed E-state index contributed by atoms with van der Waals surface area (Å²) in [4.78, 5) is 2.01. The number of hydrogen-bond acceptors (Lipinski definition) is 1. The van der Waals surface area contributed by atoms with Gasteiger partial charge in [-0.05, 0) is 49.5 Å². The van der Waals surface area contributed by atoms with Crippen molar-refractivity contribution in [3.05, 3.63) is 71.3 Å². The maximum absolute atomic E-state index is 12.9. The Morgan fingerprint density at radius 2 is 1.06 bits per heavy atom. The van der Waals surface area contributed by atoms with Gasteiger partial charge in [0.15, 0.2) is 0 Å². The van der Waals surface area contributed by atoms with Crippen LogP contribution in [-0.4, -0.2) is 19.0 Å². The van der Waals surface area contributed by atoms with Gasteiger partial charge in [-0.25, -0.2) is 8.78 Å². The van der Waals surface area contributed by atoms with Gasteiger partial charge in [0.1, 0.15) is 11.6 Å². The molecule has 3 heteroatoms. The first-order valence-corrected chi connectivity index (χ1v) is 5.75. The highest BCUT2D eigenvalue weighted by Crippen LogP contribution is 2.26. The maximum atomic E-state index is 12.9. The third-order valence-corrected chi connectivity index (χ3v) is 2.89. The van der Waals surface area contributed by atoms with Gasteiger partial charge in [-0.15, -0.1) is 0 Å². The summed E-state index contributed by atoms with van der Waals surface area (Å²) >= 11 is 0. The van der Waals surface area contributed by atoms with Crippen LogP contribution in [0.3, 0.4) is 0 Å². The van der Waals surface area contributed by atoms with Gasteiger partial charge in [0.2, 0.25) is 0 Å². The summed E-state index contributed by atoms with van der Waals surface area (Å²) in [6.45, 7) is 0. The van der Waals surface area contributed by atoms with Gasteiger partial charge >= 0.3 is 0 Å². The number of halogens is 2. The molecule has 94 valence electrons. The molecule has 0 fully saturated rings. The molecule has 0 bridgehead atoms. The molecule has 2 rings (SSSR count). The molecule has 0 unspecified atom stereocenters. The zero-order valence-corrected chi connectivity index (χ0v) is 10.4. The zero-order valence-electron chi connectivity index (χ0n) is 10.4. The molecule has 0 saturated heterocycles. The van der Waals surface area contributed by atoms with Gasteiger partial charge in [-0.3, -0.25) is 4.90 Å². The first-order valence-electron chi connectivity index (χ1n) is 5.75. The number of rotatable bonds is 3. The largest absolute Gasteiger partial charge is 0.299 e. The topological polar surface area (TPSA) is 3.24 Å². The van der Waals surface area contributed by atoms with Crippen LogP contribution in [0.25, 0.3) is 0 Å². The molecule has 2 aromatic carbocycles. The van der Waals surface area contributed by atoms with E-state index in [1.54, 1.807) is 24.3 Å². The molecule has 0 aliphatic rings. The van der Waals surface area contributed by atoms with Gasteiger partial charge in [-0.2, -0.15) is 0 Å². The predicted molar refractivity (Wildman–Crippen MR) is 68.3 cm³/mol. The van der Waals surface area contributed by atoms with Gasteiger partial charge < -0.3 is 0 Å². The third kappa shape index (κ3) is 2.74. The van der Waals surface area contributed by atoms with E-state index in [1.165, 1.54) is 24.3 Å². The Balaban J connectivity index is 2.39. The Hall–Kier alpha value is -1.74. The van der Waals surface area contributed by atoms with Crippen molar-refractivity contribution in [2.75, 3.05) is 14.1 Å². The average Bonchev–Trinajstić information content (AvgIpc) is 2.34. The highest BCUT2D eigenvalue weighted by molar-refractivity contribution is 5.32. The predicted octanol–water partition coefficient (Wildman–Crippen LogP) is 3.62. The minimum Gasteiger partial charge on any atom is -0.299 e. The molecule has 0 radical (unpaired) electrons. The highest BCUT2D eigenvalue weighted by Gasteiger charge is 2.16. The van der Waals surface area contributed by atoms with Crippen molar-refractivity contribution in [1.82, 2.24) is 4.90 Å². The van der Waals surface area contributed by atoms with Crippen molar-refractivity contribution in [2.24, 2.45) is 0 Å². The van der Waals surface area contributed by atoms with Crippen molar-refractivity contribution in [3.8, 4) is 0 Å². The Bertz CT molecular complexity index is 458. The second kappa shape index (κ2) is 5.27. The zero-order chi connectivity index (χ0) is 13.1. The van der Waals surface area contributed by atoms with Crippen molar-refractivity contribution in [1.29, 1.82) is 0 Å². The van der Waals surface area contributed by atoms with E-state index >= 15 is 0 Å². The molecule has 1 nitrogen and oxygen atoms in total. The van der Waals surface area contributed by atoms with Crippen molar-refractivity contribution >= 4 is 0 Å². The lowest BCUT2D eigenvalue weighted by molar-refractivity contribution is 0.342. The Kier molecular flexibility index (Phi) is 3.72. The van der Waals surface area contributed by atoms with E-state index in [4.69, 9.17) is 0 Å². The minimum atomic E-state index is -0.254. The molecule has 0 aliphatic heterocycles. The summed E-state index contributed by atoms with van der Waals surface area (Å²) < 4.78 is 25.9. The van der Waals surface area contributed by atoms with E-state index < -0.39 is 0 Å². The fourth-order valence-corrected chi connectivity index (χ4v) is 2.08. The smallest absolute Gasteiger partial charge is 0.123 e. The van der Waals surface area contributed by atoms with E-state index in [1.807, 2.05) is 19.0 Å². The number of hydrogen-bond donors (Lipinski definition) is 0. The molecular weight excluding hydrogens is 232 g/mol. The van der Waals surface area contributed by atoms with Crippen LogP contribution in [0.15, 0.2) is 48.5 Å². The lowest BCUT2D eigenvalue weighted by Crippen LogP contribution is -2.21. The lowest BCUT2D eigenvalue weighted by atomic mass is 9.98. The van der Waals surface area contributed by atoms with Crippen molar-refractivity contribution in [3.63, 3.8) is 0 Å². The summed E-state index contributed by atoms with van der Waals surface area (Å²) in [5.41, 5.74) is 1.96. The van der Waals surface area contributed by atoms with Crippen LogP contribution in [0, 0.1) is 11.6 Å². The van der Waals surface area contributed by atoms with Crippen LogP contribution >= 0.6 is 0 Å². The highest BCUT2D eigenvalue weighted by atomic mass is 19.1. The SMILES string of the molecule is CN(C)C(c1ccc(F)cc1)c1ccc(F)cc1. The third-order valence-electron chi connectivity index (χ3n) is 2.89. The van der Waals surface area contributed by atoms with Gasteiger partial charge in [0.25, 0.3) is 0 Å². The first-order chi connectivity index (χ1) is 8.58. The summed E-state index contributed by atoms with van der Waals surface area (Å²) in [6.07, 6.45) is 0. The van der Waals surface area contributed by atoms with Crippen LogP contribution < -0.4 is 0 Å². The Morgan fingerprint density at radius 1 is 0.722 bits per heavy atom. The maximum Gasteiger partial charge on any atom is 0.123 e. The molecule has 0 amide bonds. The summed E-state index contributed by atoms with van der Waals surface area (Å²) in [5, 5.41) is 0. The average molecular weight is 247 g/mol. The molecule has 0 spiro atoms. The minimum absolute atomic E-state index is 0.00815. The van der Waals surface area contributed by atoms with Crippen LogP contribution in [0.5, 0.6) is 0 Å². The number of nitrogens with zero attached hydrogens (tertiary/aromatic N) is 1. The summed E-state index contributed by atoms with van der Waals surface area (Å²) in [6, 6.07) is 12.8. The molecule has 18 heavy (non-hydrogen) atoms. The molecule has 0 atom stereocenters. The van der Waals surface area contributed by atoms with Crippen LogP contribution in [0.1, 0.15) is 17.2 Å². The van der Waals surface area contributed by atoms with E-state index in [0.29, 0.717) is 0 Å². The Labute approximate surface area is 106 Å². The second-order valence-electron chi connectivity index (χ2n) is 4.47. The second-order valence-corrected chi connectivity index (χ2v) is 4.47. The first kappa shape index (κ1) is 12.7. The normalized spacial score (nSPS) is 11.2. The van der Waals surface area contributed by atoms with E-state index in [-0.39, 0.29) is 17.7 Å². The van der Waals surface area contributed by atoms with E-state index in [2.05, 4.69) is 0 Å². The molecule has 0 heterocycles. The van der Waals surface area contributed by atoms with Crippen molar-refractivity contribution in [2.45, 2.75) is 6.04 Å². The standard InChI is InChI=1S/C15H15F2N/c1-18(2)15(11-3-7-13(16)8-4-11)12-5-9-14(17)10-6-12/h3-10,15H,1-2H3. The molecule has 0 saturated carbocycles. The van der Waals surface area contributed by atoms with Crippen LogP contribution in [-0.2, 0) is 0 Å². The van der Waals surface area contributed by atoms with Gasteiger partial charge in [-0.1, -0.05) is 24.3 Å². The number of benzene rings is 2. The molecule has 0 aliphatic carbocycles. The Morgan fingerprint density at radius 3 is 1.33 bits per heavy atom. The monoisotopic (exact) mass is 247 g/mol. The lowest BCUT2D eigenvalue weighted by Gasteiger charge is -2.25. The van der Waals surface area contributed by atoms with Gasteiger partial charge in [0, 0.05) is 0 Å². The van der Waals surface area contributed by atoms with Crippen LogP contribution in [0.4, 0.5) is 8.78 Å². The fraction of sp³-hybridized carbons (Fsp3) is 0.200. The van der Waals surface area contributed by atoms with Crippen molar-refractivity contribution < 1.29 is 8.78 Å². The quantitative estimate of drug-likeness (QED) is 0.800. The van der Waals surface area contributed by atoms with Crippen LogP contribution in [0.2, 0.25) is 0 Å². The summed E-state index contributed by atoms with van der Waals surface area (Å²) in [7, 11) is 3.88. The molecule has 0 aromatic heterocycles. The summed E-state index contributed by atoms with van der Waals surface area (Å²) in [5.74, 6) is -0.509. The van der Waals surface area contributed by atoms with Gasteiger partial charge in [0.05, 0.1) is 6.04 Å². The molecule has 0 N–H and O–H groups in total. The molecule has 2 aromatic rings. The fourth-order valence-electron chi connectivity index (χ4n) is 2.08. The van der Waals surface area contributed by atoms with E-state index in [0.717, 1.165) is 11.1 Å². The molecular formula is C15H15F2N.